The number of allylic oxidation sites excluding steroid dienone is 2. The highest BCUT2D eigenvalue weighted by molar-refractivity contribution is 6.11. The third kappa shape index (κ3) is 1.44. The molecule has 11 heavy (non-hydrogen) atoms. The molecule has 3 atom stereocenters. The number of rotatable bonds is 0. The van der Waals surface area contributed by atoms with Crippen molar-refractivity contribution in [2.75, 3.05) is 0 Å². The van der Waals surface area contributed by atoms with E-state index in [4.69, 9.17) is 0 Å². The summed E-state index contributed by atoms with van der Waals surface area (Å²) in [7, 11) is 3.77. The molecule has 3 radical (unpaired) electrons. The van der Waals surface area contributed by atoms with Gasteiger partial charge < -0.3 is 0 Å². The minimum absolute atomic E-state index is 0.810. The van der Waals surface area contributed by atoms with E-state index < -0.39 is 0 Å². The molecule has 3 unspecified atom stereocenters. The third-order valence-corrected chi connectivity index (χ3v) is 3.67. The summed E-state index contributed by atoms with van der Waals surface area (Å²) in [6, 6.07) is 0. The number of fused-ring (bicyclic) bond motifs is 1. The Hall–Kier alpha value is -0.0431. The zero-order valence-corrected chi connectivity index (χ0v) is 8.14. The quantitative estimate of drug-likeness (QED) is 0.380. The molecule has 0 N–H and O–H groups in total. The maximum Gasteiger partial charge on any atom is 0.0266 e. The third-order valence-electron chi connectivity index (χ3n) is 3.19. The fraction of sp³-hybridized carbons (Fsp3) is 0.800. The maximum absolute atomic E-state index is 3.77. The van der Waals surface area contributed by atoms with Crippen molar-refractivity contribution in [2.24, 2.45) is 11.8 Å². The molecule has 0 spiro atoms. The number of hydrogen-bond donors (Lipinski definition) is 0. The molecule has 2 aliphatic rings. The van der Waals surface area contributed by atoms with E-state index in [0.29, 0.717) is 0 Å². The molecule has 0 aromatic carbocycles. The SMILES string of the molecule is CC1=CCC2CC([Si])CC2C1. The topological polar surface area (TPSA) is 0 Å². The lowest BCUT2D eigenvalue weighted by atomic mass is 9.83. The van der Waals surface area contributed by atoms with E-state index in [-0.39, 0.29) is 0 Å². The Labute approximate surface area is 72.5 Å². The van der Waals surface area contributed by atoms with Crippen molar-refractivity contribution in [3.63, 3.8) is 0 Å². The largest absolute Gasteiger partial charge is 0.0853 e. The lowest BCUT2D eigenvalue weighted by molar-refractivity contribution is 0.369. The summed E-state index contributed by atoms with van der Waals surface area (Å²) in [6.07, 6.45) is 7.96. The Kier molecular flexibility index (Phi) is 1.92. The molecule has 0 bridgehead atoms. The summed E-state index contributed by atoms with van der Waals surface area (Å²) in [5.74, 6) is 2.00. The van der Waals surface area contributed by atoms with Gasteiger partial charge in [0, 0.05) is 10.2 Å². The van der Waals surface area contributed by atoms with Crippen LogP contribution < -0.4 is 0 Å². The normalized spacial score (nSPS) is 43.5. The molecule has 2 aliphatic carbocycles. The van der Waals surface area contributed by atoms with Crippen LogP contribution in [0.1, 0.15) is 32.6 Å². The standard InChI is InChI=1S/C10H15Si/c1-7-2-3-8-5-10(11)6-9(8)4-7/h2,8-10H,3-6H2,1H3. The highest BCUT2D eigenvalue weighted by atomic mass is 28.1. The molecule has 1 fully saturated rings. The molecular weight excluding hydrogens is 148 g/mol. The monoisotopic (exact) mass is 163 g/mol. The van der Waals surface area contributed by atoms with Gasteiger partial charge in [0.1, 0.15) is 0 Å². The summed E-state index contributed by atoms with van der Waals surface area (Å²) < 4.78 is 0. The van der Waals surface area contributed by atoms with E-state index in [0.717, 1.165) is 17.4 Å². The Bertz CT molecular complexity index is 183. The van der Waals surface area contributed by atoms with Crippen LogP contribution in [0.4, 0.5) is 0 Å². The smallest absolute Gasteiger partial charge is 0.0266 e. The van der Waals surface area contributed by atoms with Crippen molar-refractivity contribution in [1.29, 1.82) is 0 Å². The van der Waals surface area contributed by atoms with Gasteiger partial charge in [0.2, 0.25) is 0 Å². The predicted octanol–water partition coefficient (Wildman–Crippen LogP) is 2.71. The highest BCUT2D eigenvalue weighted by Crippen LogP contribution is 2.45. The van der Waals surface area contributed by atoms with Crippen molar-refractivity contribution in [1.82, 2.24) is 0 Å². The van der Waals surface area contributed by atoms with Gasteiger partial charge in [-0.2, -0.15) is 0 Å². The summed E-state index contributed by atoms with van der Waals surface area (Å²) in [4.78, 5) is 0. The zero-order chi connectivity index (χ0) is 7.84. The van der Waals surface area contributed by atoms with Crippen LogP contribution in [-0.4, -0.2) is 10.2 Å². The van der Waals surface area contributed by atoms with E-state index in [2.05, 4.69) is 23.2 Å². The van der Waals surface area contributed by atoms with Gasteiger partial charge in [0.05, 0.1) is 0 Å². The van der Waals surface area contributed by atoms with Crippen LogP contribution in [0.25, 0.3) is 0 Å². The van der Waals surface area contributed by atoms with Gasteiger partial charge in [0.25, 0.3) is 0 Å². The van der Waals surface area contributed by atoms with Crippen LogP contribution in [0.2, 0.25) is 5.54 Å². The minimum Gasteiger partial charge on any atom is -0.0853 e. The predicted molar refractivity (Wildman–Crippen MR) is 48.7 cm³/mol. The van der Waals surface area contributed by atoms with Crippen molar-refractivity contribution in [2.45, 2.75) is 38.1 Å². The summed E-state index contributed by atoms with van der Waals surface area (Å²) in [5.41, 5.74) is 2.43. The average molecular weight is 163 g/mol. The van der Waals surface area contributed by atoms with Crippen LogP contribution in [0, 0.1) is 11.8 Å². The molecule has 0 saturated heterocycles. The lowest BCUT2D eigenvalue weighted by Gasteiger charge is -2.23. The zero-order valence-electron chi connectivity index (χ0n) is 7.14. The second kappa shape index (κ2) is 2.78. The van der Waals surface area contributed by atoms with Gasteiger partial charge in [-0.15, -0.1) is 0 Å². The van der Waals surface area contributed by atoms with Crippen molar-refractivity contribution >= 4 is 10.2 Å². The average Bonchev–Trinajstić information content (AvgIpc) is 2.27. The van der Waals surface area contributed by atoms with E-state index in [1.807, 2.05) is 0 Å². The van der Waals surface area contributed by atoms with Crippen molar-refractivity contribution in [3.8, 4) is 0 Å². The molecule has 2 rings (SSSR count). The van der Waals surface area contributed by atoms with Crippen molar-refractivity contribution < 1.29 is 0 Å². The fourth-order valence-electron chi connectivity index (χ4n) is 2.60. The molecule has 1 heteroatoms. The van der Waals surface area contributed by atoms with Gasteiger partial charge >= 0.3 is 0 Å². The molecule has 0 amide bonds. The molecule has 0 heterocycles. The maximum atomic E-state index is 3.77. The Balaban J connectivity index is 2.06. The fourth-order valence-corrected chi connectivity index (χ4v) is 3.21. The van der Waals surface area contributed by atoms with Gasteiger partial charge in [-0.05, 0) is 31.6 Å². The van der Waals surface area contributed by atoms with E-state index in [1.165, 1.54) is 25.7 Å². The molecule has 0 aliphatic heterocycles. The Morgan fingerprint density at radius 3 is 2.91 bits per heavy atom. The first-order valence-corrected chi connectivity index (χ1v) is 5.20. The summed E-state index contributed by atoms with van der Waals surface area (Å²) >= 11 is 0. The van der Waals surface area contributed by atoms with Gasteiger partial charge in [0.15, 0.2) is 0 Å². The molecular formula is C10H15Si. The summed E-state index contributed by atoms with van der Waals surface area (Å²) in [6.45, 7) is 2.28. The lowest BCUT2D eigenvalue weighted by Crippen LogP contribution is -2.11. The number of hydrogen-bond acceptors (Lipinski definition) is 0. The van der Waals surface area contributed by atoms with Crippen LogP contribution in [0.15, 0.2) is 11.6 Å². The Morgan fingerprint density at radius 2 is 2.09 bits per heavy atom. The molecule has 0 aromatic heterocycles. The van der Waals surface area contributed by atoms with Crippen LogP contribution >= 0.6 is 0 Å². The molecule has 59 valence electrons. The molecule has 0 aromatic rings. The van der Waals surface area contributed by atoms with Crippen LogP contribution in [-0.2, 0) is 0 Å². The molecule has 0 nitrogen and oxygen atoms in total. The molecule has 1 saturated carbocycles. The van der Waals surface area contributed by atoms with E-state index >= 15 is 0 Å². The first-order chi connectivity index (χ1) is 5.25. The Morgan fingerprint density at radius 1 is 1.36 bits per heavy atom. The second-order valence-corrected chi connectivity index (χ2v) is 5.00. The van der Waals surface area contributed by atoms with Crippen molar-refractivity contribution in [3.05, 3.63) is 11.6 Å². The van der Waals surface area contributed by atoms with E-state index in [9.17, 15) is 0 Å². The first kappa shape index (κ1) is 7.60. The van der Waals surface area contributed by atoms with Gasteiger partial charge in [-0.1, -0.05) is 30.0 Å². The highest BCUT2D eigenvalue weighted by Gasteiger charge is 2.32. The minimum atomic E-state index is 0.810. The summed E-state index contributed by atoms with van der Waals surface area (Å²) in [5, 5.41) is 0. The van der Waals surface area contributed by atoms with Crippen LogP contribution in [0.5, 0.6) is 0 Å². The van der Waals surface area contributed by atoms with Gasteiger partial charge in [-0.25, -0.2) is 0 Å². The van der Waals surface area contributed by atoms with Crippen LogP contribution in [0.3, 0.4) is 0 Å². The van der Waals surface area contributed by atoms with E-state index in [1.54, 1.807) is 5.57 Å². The second-order valence-electron chi connectivity index (χ2n) is 4.18. The van der Waals surface area contributed by atoms with Gasteiger partial charge in [-0.3, -0.25) is 0 Å². The first-order valence-electron chi connectivity index (χ1n) is 4.62.